The number of ether oxygens (including phenoxy) is 1. The van der Waals surface area contributed by atoms with E-state index in [-0.39, 0.29) is 71.5 Å². The van der Waals surface area contributed by atoms with Crippen LogP contribution in [-0.4, -0.2) is 89.1 Å². The fourth-order valence-electron chi connectivity index (χ4n) is 6.70. The van der Waals surface area contributed by atoms with Gasteiger partial charge in [-0.2, -0.15) is 0 Å². The Morgan fingerprint density at radius 2 is 1.71 bits per heavy atom. The molecular formula is C39H59N5O6S. The number of hydrogen-bond donors (Lipinski definition) is 2. The molecule has 3 amide bonds. The summed E-state index contributed by atoms with van der Waals surface area (Å²) >= 11 is 1.22. The molecule has 51 heavy (non-hydrogen) atoms. The zero-order valence-corrected chi connectivity index (χ0v) is 32.8. The largest absolute Gasteiger partial charge is 0.455 e. The molecule has 3 rings (SSSR count). The second-order valence-electron chi connectivity index (χ2n) is 14.6. The van der Waals surface area contributed by atoms with Crippen molar-refractivity contribution >= 4 is 40.8 Å². The number of ketones is 1. The van der Waals surface area contributed by atoms with Crippen molar-refractivity contribution in [2.45, 2.75) is 124 Å². The summed E-state index contributed by atoms with van der Waals surface area (Å²) in [5.41, 5.74) is 1.24. The van der Waals surface area contributed by atoms with Crippen LogP contribution in [0.3, 0.4) is 0 Å². The number of likely N-dealkylation sites (N-methyl/N-ethyl adjacent to an activating group) is 2. The summed E-state index contributed by atoms with van der Waals surface area (Å²) in [7, 11) is 3.69. The van der Waals surface area contributed by atoms with Crippen molar-refractivity contribution in [2.24, 2.45) is 17.8 Å². The van der Waals surface area contributed by atoms with Crippen LogP contribution in [0.5, 0.6) is 0 Å². The fourth-order valence-corrected chi connectivity index (χ4v) is 7.54. The number of aromatic nitrogens is 1. The van der Waals surface area contributed by atoms with Gasteiger partial charge >= 0.3 is 5.97 Å². The molecule has 0 saturated carbocycles. The number of carbonyl (C=O) groups excluding carboxylic acids is 5. The third-order valence-electron chi connectivity index (χ3n) is 10.3. The Labute approximate surface area is 308 Å². The van der Waals surface area contributed by atoms with Gasteiger partial charge in [-0.25, -0.2) is 4.98 Å². The Kier molecular flexibility index (Phi) is 16.2. The topological polar surface area (TPSA) is 138 Å². The summed E-state index contributed by atoms with van der Waals surface area (Å²) in [6.07, 6.45) is 3.99. The van der Waals surface area contributed by atoms with Crippen molar-refractivity contribution in [1.29, 1.82) is 0 Å². The molecule has 11 nitrogen and oxygen atoms in total. The van der Waals surface area contributed by atoms with E-state index >= 15 is 0 Å². The lowest BCUT2D eigenvalue weighted by Crippen LogP contribution is -2.58. The molecule has 0 bridgehead atoms. The van der Waals surface area contributed by atoms with Gasteiger partial charge in [0.15, 0.2) is 6.10 Å². The summed E-state index contributed by atoms with van der Waals surface area (Å²) in [5, 5.41) is 8.26. The van der Waals surface area contributed by atoms with Gasteiger partial charge in [-0.1, -0.05) is 77.8 Å². The minimum Gasteiger partial charge on any atom is -0.455 e. The van der Waals surface area contributed by atoms with Crippen LogP contribution in [0, 0.1) is 17.8 Å². The summed E-state index contributed by atoms with van der Waals surface area (Å²) in [6.45, 7) is 13.6. The monoisotopic (exact) mass is 725 g/mol. The highest BCUT2D eigenvalue weighted by Crippen LogP contribution is 2.31. The normalized spacial score (nSPS) is 18.5. The van der Waals surface area contributed by atoms with Crippen LogP contribution in [0.2, 0.25) is 0 Å². The van der Waals surface area contributed by atoms with Crippen molar-refractivity contribution in [2.75, 3.05) is 20.6 Å². The molecule has 1 aromatic heterocycles. The Morgan fingerprint density at radius 3 is 2.29 bits per heavy atom. The number of hydrogen-bond acceptors (Lipinski definition) is 9. The molecule has 2 N–H and O–H groups in total. The number of esters is 1. The maximum Gasteiger partial charge on any atom is 0.303 e. The summed E-state index contributed by atoms with van der Waals surface area (Å²) in [4.78, 5) is 73.9. The lowest BCUT2D eigenvalue weighted by Gasteiger charge is -2.38. The maximum atomic E-state index is 14.2. The van der Waals surface area contributed by atoms with E-state index in [4.69, 9.17) is 4.74 Å². The van der Waals surface area contributed by atoms with Gasteiger partial charge in [0.2, 0.25) is 11.8 Å². The predicted octanol–water partition coefficient (Wildman–Crippen LogP) is 5.59. The predicted molar refractivity (Wildman–Crippen MR) is 200 cm³/mol. The van der Waals surface area contributed by atoms with Gasteiger partial charge < -0.3 is 20.3 Å². The number of benzene rings is 1. The van der Waals surface area contributed by atoms with Crippen molar-refractivity contribution in [3.05, 3.63) is 52.0 Å². The Morgan fingerprint density at radius 1 is 1.02 bits per heavy atom. The van der Waals surface area contributed by atoms with Crippen LogP contribution in [0.25, 0.3) is 0 Å². The van der Waals surface area contributed by atoms with Gasteiger partial charge in [0.05, 0.1) is 6.04 Å². The smallest absolute Gasteiger partial charge is 0.303 e. The molecule has 0 aliphatic carbocycles. The van der Waals surface area contributed by atoms with E-state index in [1.807, 2.05) is 72.0 Å². The number of Topliss-reactive ketones (excluding diaryl/α,β-unsaturated/α-hetero) is 1. The molecule has 1 aliphatic heterocycles. The van der Waals surface area contributed by atoms with Gasteiger partial charge in [-0.3, -0.25) is 28.9 Å². The first-order valence-electron chi connectivity index (χ1n) is 18.4. The first-order chi connectivity index (χ1) is 24.1. The van der Waals surface area contributed by atoms with Gasteiger partial charge in [-0.15, -0.1) is 11.3 Å². The van der Waals surface area contributed by atoms with Crippen LogP contribution in [0.4, 0.5) is 0 Å². The van der Waals surface area contributed by atoms with Gasteiger partial charge in [0.1, 0.15) is 22.5 Å². The molecular weight excluding hydrogens is 667 g/mol. The molecule has 2 heterocycles. The second-order valence-corrected chi connectivity index (χ2v) is 15.5. The van der Waals surface area contributed by atoms with Crippen LogP contribution in [0.1, 0.15) is 114 Å². The summed E-state index contributed by atoms with van der Waals surface area (Å²) < 4.78 is 5.79. The van der Waals surface area contributed by atoms with Gasteiger partial charge in [0, 0.05) is 43.8 Å². The number of rotatable bonds is 18. The molecule has 2 aromatic rings. The quantitative estimate of drug-likeness (QED) is 0.190. The average Bonchev–Trinajstić information content (AvgIpc) is 3.59. The Balaban J connectivity index is 1.81. The highest BCUT2D eigenvalue weighted by atomic mass is 32.1. The van der Waals surface area contributed by atoms with E-state index in [0.717, 1.165) is 31.4 Å². The minimum atomic E-state index is -0.804. The number of nitrogens with one attached hydrogen (secondary N) is 2. The van der Waals surface area contributed by atoms with E-state index in [9.17, 15) is 24.0 Å². The van der Waals surface area contributed by atoms with Crippen molar-refractivity contribution in [3.8, 4) is 0 Å². The van der Waals surface area contributed by atoms with Gasteiger partial charge in [0.25, 0.3) is 5.91 Å². The average molecular weight is 726 g/mol. The highest BCUT2D eigenvalue weighted by Gasteiger charge is 2.37. The summed E-state index contributed by atoms with van der Waals surface area (Å²) in [6, 6.07) is 8.16. The number of amides is 3. The van der Waals surface area contributed by atoms with Crippen LogP contribution in [-0.2, 0) is 30.3 Å². The number of likely N-dealkylation sites (tertiary alicyclic amines) is 1. The zero-order chi connectivity index (χ0) is 37.8. The van der Waals surface area contributed by atoms with Crippen LogP contribution < -0.4 is 10.6 Å². The van der Waals surface area contributed by atoms with Crippen molar-refractivity contribution in [1.82, 2.24) is 25.4 Å². The van der Waals surface area contributed by atoms with Crippen LogP contribution >= 0.6 is 11.3 Å². The lowest BCUT2D eigenvalue weighted by atomic mass is 9.92. The molecule has 12 heteroatoms. The van der Waals surface area contributed by atoms with E-state index in [0.29, 0.717) is 24.3 Å². The number of piperidine rings is 1. The zero-order valence-electron chi connectivity index (χ0n) is 31.9. The van der Waals surface area contributed by atoms with Crippen LogP contribution in [0.15, 0.2) is 35.7 Å². The fraction of sp³-hybridized carbons (Fsp3) is 0.641. The number of carbonyl (C=O) groups is 5. The second kappa shape index (κ2) is 19.8. The first-order valence-corrected chi connectivity index (χ1v) is 19.3. The number of nitrogens with zero attached hydrogens (tertiary/aromatic N) is 3. The number of thiazole rings is 1. The molecule has 1 saturated heterocycles. The molecule has 7 atom stereocenters. The van der Waals surface area contributed by atoms with E-state index in [1.54, 1.807) is 24.3 Å². The highest BCUT2D eigenvalue weighted by molar-refractivity contribution is 7.09. The molecule has 1 aromatic carbocycles. The first kappa shape index (κ1) is 41.8. The maximum absolute atomic E-state index is 14.2. The standard InChI is InChI=1S/C39H59N5O6S/c1-10-25(4)35(42-37(48)32-18-14-15-19-43(32)8)39(49)44(9)33(24(2)3)22-34(50-28(7)46)38-41-31(23-51-38)36(47)40-30(20-26(5)27(6)45)21-29-16-12-11-13-17-29/h11-13,16-17,23-26,30,32-35H,10,14-15,18-22H2,1-9H3,(H,40,47)(H,42,48)/t25-,26-,30+,32+,33+,34+,35-/m0/s1. The Bertz CT molecular complexity index is 1460. The lowest BCUT2D eigenvalue weighted by molar-refractivity contribution is -0.149. The van der Waals surface area contributed by atoms with Crippen molar-refractivity contribution in [3.63, 3.8) is 0 Å². The van der Waals surface area contributed by atoms with Crippen molar-refractivity contribution < 1.29 is 28.7 Å². The molecule has 1 aliphatic rings. The van der Waals surface area contributed by atoms with E-state index in [2.05, 4.69) is 20.5 Å². The van der Waals surface area contributed by atoms with Gasteiger partial charge in [-0.05, 0) is 63.6 Å². The molecule has 0 spiro atoms. The Hall–Kier alpha value is -3.64. The minimum absolute atomic E-state index is 0.0282. The third-order valence-corrected chi connectivity index (χ3v) is 11.2. The molecule has 282 valence electrons. The SMILES string of the molecule is CC[C@H](C)[C@H](NC(=O)[C@H]1CCCCN1C)C(=O)N(C)[C@H](C[C@@H](OC(C)=O)c1nc(C(=O)N[C@@H](Cc2ccccc2)C[C@H](C)C(C)=O)cs1)C(C)C. The molecule has 0 unspecified atom stereocenters. The van der Waals surface area contributed by atoms with E-state index < -0.39 is 18.1 Å². The van der Waals surface area contributed by atoms with E-state index in [1.165, 1.54) is 18.3 Å². The summed E-state index contributed by atoms with van der Waals surface area (Å²) in [5.74, 6) is -1.50. The molecule has 1 fully saturated rings. The third kappa shape index (κ3) is 12.2. The molecule has 0 radical (unpaired) electrons.